The molecule has 13 heavy (non-hydrogen) atoms. The van der Waals surface area contributed by atoms with Gasteiger partial charge < -0.3 is 5.11 Å². The Morgan fingerprint density at radius 1 is 1.69 bits per heavy atom. The maximum absolute atomic E-state index is 10.8. The summed E-state index contributed by atoms with van der Waals surface area (Å²) in [6.07, 6.45) is 3.48. The Morgan fingerprint density at radius 3 is 2.85 bits per heavy atom. The van der Waals surface area contributed by atoms with E-state index in [1.165, 1.54) is 0 Å². The van der Waals surface area contributed by atoms with Crippen LogP contribution in [0.4, 0.5) is 0 Å². The van der Waals surface area contributed by atoms with E-state index in [9.17, 15) is 4.79 Å². The largest absolute Gasteiger partial charge is 0.481 e. The molecule has 0 aromatic carbocycles. The molecule has 1 heterocycles. The maximum Gasteiger partial charge on any atom is 0.307 e. The zero-order valence-corrected chi connectivity index (χ0v) is 7.47. The van der Waals surface area contributed by atoms with Gasteiger partial charge in [0.05, 0.1) is 5.92 Å². The van der Waals surface area contributed by atoms with Crippen LogP contribution < -0.4 is 0 Å². The highest BCUT2D eigenvalue weighted by Crippen LogP contribution is 2.42. The molecule has 2 unspecified atom stereocenters. The summed E-state index contributed by atoms with van der Waals surface area (Å²) in [6, 6.07) is 1.90. The molecular weight excluding hydrogens is 168 g/mol. The van der Waals surface area contributed by atoms with Crippen LogP contribution in [0.25, 0.3) is 0 Å². The second-order valence-electron chi connectivity index (χ2n) is 3.51. The molecule has 2 atom stereocenters. The van der Waals surface area contributed by atoms with E-state index in [-0.39, 0.29) is 11.8 Å². The van der Waals surface area contributed by atoms with Gasteiger partial charge in [0.2, 0.25) is 0 Å². The molecule has 0 spiro atoms. The number of carboxylic acid groups (broad SMARTS) is 1. The van der Waals surface area contributed by atoms with Gasteiger partial charge in [-0.1, -0.05) is 0 Å². The average Bonchev–Trinajstić information content (AvgIpc) is 2.33. The van der Waals surface area contributed by atoms with Gasteiger partial charge in [-0.3, -0.25) is 9.48 Å². The first kappa shape index (κ1) is 8.29. The van der Waals surface area contributed by atoms with Crippen molar-refractivity contribution in [3.05, 3.63) is 18.0 Å². The van der Waals surface area contributed by atoms with Gasteiger partial charge in [-0.2, -0.15) is 5.10 Å². The lowest BCUT2D eigenvalue weighted by Gasteiger charge is -2.33. The lowest BCUT2D eigenvalue weighted by molar-refractivity contribution is -0.145. The molecule has 4 nitrogen and oxygen atoms in total. The number of carbonyl (C=O) groups is 1. The predicted octanol–water partition coefficient (Wildman–Crippen LogP) is 0.998. The molecule has 1 aromatic rings. The van der Waals surface area contributed by atoms with Crippen LogP contribution in [0.2, 0.25) is 0 Å². The first-order valence-electron chi connectivity index (χ1n) is 4.41. The smallest absolute Gasteiger partial charge is 0.307 e. The lowest BCUT2D eigenvalue weighted by Crippen LogP contribution is -2.32. The number of aryl methyl sites for hydroxylation is 1. The van der Waals surface area contributed by atoms with E-state index in [4.69, 9.17) is 5.11 Å². The third-order valence-electron chi connectivity index (χ3n) is 2.83. The van der Waals surface area contributed by atoms with Crippen LogP contribution in [0, 0.1) is 5.92 Å². The first-order chi connectivity index (χ1) is 6.20. The van der Waals surface area contributed by atoms with Gasteiger partial charge in [0.15, 0.2) is 0 Å². The Morgan fingerprint density at radius 2 is 2.46 bits per heavy atom. The molecule has 2 rings (SSSR count). The van der Waals surface area contributed by atoms with Crippen LogP contribution >= 0.6 is 0 Å². The Bertz CT molecular complexity index is 332. The zero-order chi connectivity index (χ0) is 9.42. The molecule has 1 aliphatic carbocycles. The standard InChI is InChI=1S/C9H12N2O2/c1-11-8(4-5-10-11)6-2-3-7(6)9(12)13/h4-7H,2-3H2,1H3,(H,12,13). The molecule has 0 aliphatic heterocycles. The van der Waals surface area contributed by atoms with Crippen LogP contribution in [0.5, 0.6) is 0 Å². The summed E-state index contributed by atoms with van der Waals surface area (Å²) >= 11 is 0. The highest BCUT2D eigenvalue weighted by Gasteiger charge is 2.38. The highest BCUT2D eigenvalue weighted by molar-refractivity contribution is 5.72. The number of aromatic nitrogens is 2. The van der Waals surface area contributed by atoms with Crippen molar-refractivity contribution in [3.8, 4) is 0 Å². The van der Waals surface area contributed by atoms with E-state index in [1.807, 2.05) is 13.1 Å². The number of carboxylic acids is 1. The molecule has 70 valence electrons. The van der Waals surface area contributed by atoms with Gasteiger partial charge in [0.1, 0.15) is 0 Å². The molecule has 0 radical (unpaired) electrons. The second-order valence-corrected chi connectivity index (χ2v) is 3.51. The van der Waals surface area contributed by atoms with Crippen LogP contribution in [0.15, 0.2) is 12.3 Å². The molecule has 1 saturated carbocycles. The van der Waals surface area contributed by atoms with E-state index >= 15 is 0 Å². The van der Waals surface area contributed by atoms with Crippen LogP contribution in [-0.2, 0) is 11.8 Å². The number of rotatable bonds is 2. The van der Waals surface area contributed by atoms with Gasteiger partial charge in [0, 0.05) is 24.9 Å². The lowest BCUT2D eigenvalue weighted by atomic mass is 9.72. The Kier molecular flexibility index (Phi) is 1.83. The van der Waals surface area contributed by atoms with Crippen molar-refractivity contribution in [3.63, 3.8) is 0 Å². The topological polar surface area (TPSA) is 55.1 Å². The zero-order valence-electron chi connectivity index (χ0n) is 7.47. The molecule has 1 aliphatic rings. The van der Waals surface area contributed by atoms with E-state index in [2.05, 4.69) is 5.10 Å². The Balaban J connectivity index is 2.19. The number of hydrogen-bond acceptors (Lipinski definition) is 2. The summed E-state index contributed by atoms with van der Waals surface area (Å²) in [5, 5.41) is 12.9. The fourth-order valence-electron chi connectivity index (χ4n) is 1.90. The molecule has 1 fully saturated rings. The summed E-state index contributed by atoms with van der Waals surface area (Å²) < 4.78 is 1.76. The third-order valence-corrected chi connectivity index (χ3v) is 2.83. The van der Waals surface area contributed by atoms with Gasteiger partial charge in [-0.05, 0) is 18.9 Å². The SMILES string of the molecule is Cn1nccc1C1CCC1C(=O)O. The van der Waals surface area contributed by atoms with Gasteiger partial charge in [-0.15, -0.1) is 0 Å². The van der Waals surface area contributed by atoms with Crippen LogP contribution in [0.1, 0.15) is 24.5 Å². The molecule has 1 aromatic heterocycles. The fraction of sp³-hybridized carbons (Fsp3) is 0.556. The summed E-state index contributed by atoms with van der Waals surface area (Å²) in [7, 11) is 1.85. The van der Waals surface area contributed by atoms with Crippen molar-refractivity contribution >= 4 is 5.97 Å². The number of hydrogen-bond donors (Lipinski definition) is 1. The average molecular weight is 180 g/mol. The summed E-state index contributed by atoms with van der Waals surface area (Å²) in [6.45, 7) is 0. The highest BCUT2D eigenvalue weighted by atomic mass is 16.4. The quantitative estimate of drug-likeness (QED) is 0.738. The molecular formula is C9H12N2O2. The Labute approximate surface area is 76.2 Å². The van der Waals surface area contributed by atoms with Crippen LogP contribution in [-0.4, -0.2) is 20.9 Å². The van der Waals surface area contributed by atoms with Crippen molar-refractivity contribution in [1.29, 1.82) is 0 Å². The summed E-state index contributed by atoms with van der Waals surface area (Å²) in [4.78, 5) is 10.8. The predicted molar refractivity (Wildman–Crippen MR) is 46.3 cm³/mol. The van der Waals surface area contributed by atoms with E-state index in [0.717, 1.165) is 18.5 Å². The molecule has 0 saturated heterocycles. The van der Waals surface area contributed by atoms with Gasteiger partial charge in [-0.25, -0.2) is 0 Å². The number of nitrogens with zero attached hydrogens (tertiary/aromatic N) is 2. The Hall–Kier alpha value is -1.32. The van der Waals surface area contributed by atoms with Crippen molar-refractivity contribution in [2.24, 2.45) is 13.0 Å². The minimum atomic E-state index is -0.683. The summed E-state index contributed by atoms with van der Waals surface area (Å²) in [5.41, 5.74) is 1.04. The second kappa shape index (κ2) is 2.87. The monoisotopic (exact) mass is 180 g/mol. The van der Waals surface area contributed by atoms with Crippen LogP contribution in [0.3, 0.4) is 0 Å². The van der Waals surface area contributed by atoms with E-state index < -0.39 is 5.97 Å². The minimum Gasteiger partial charge on any atom is -0.481 e. The van der Waals surface area contributed by atoms with E-state index in [0.29, 0.717) is 0 Å². The molecule has 4 heteroatoms. The van der Waals surface area contributed by atoms with Crippen molar-refractivity contribution in [2.75, 3.05) is 0 Å². The summed E-state index contributed by atoms with van der Waals surface area (Å²) in [5.74, 6) is -0.710. The molecule has 0 amide bonds. The van der Waals surface area contributed by atoms with Gasteiger partial charge in [0.25, 0.3) is 0 Å². The number of aliphatic carboxylic acids is 1. The molecule has 1 N–H and O–H groups in total. The van der Waals surface area contributed by atoms with E-state index in [1.54, 1.807) is 10.9 Å². The molecule has 0 bridgehead atoms. The van der Waals surface area contributed by atoms with Crippen molar-refractivity contribution in [2.45, 2.75) is 18.8 Å². The first-order valence-corrected chi connectivity index (χ1v) is 4.41. The fourth-order valence-corrected chi connectivity index (χ4v) is 1.90. The maximum atomic E-state index is 10.8. The van der Waals surface area contributed by atoms with Crippen molar-refractivity contribution in [1.82, 2.24) is 9.78 Å². The van der Waals surface area contributed by atoms with Crippen molar-refractivity contribution < 1.29 is 9.90 Å². The normalized spacial score (nSPS) is 26.8. The third kappa shape index (κ3) is 1.22. The minimum absolute atomic E-state index is 0.171. The van der Waals surface area contributed by atoms with Gasteiger partial charge >= 0.3 is 5.97 Å².